The zero-order valence-corrected chi connectivity index (χ0v) is 20.1. The molecule has 0 bridgehead atoms. The summed E-state index contributed by atoms with van der Waals surface area (Å²) in [4.78, 5) is 33.5. The van der Waals surface area contributed by atoms with E-state index >= 15 is 0 Å². The average Bonchev–Trinajstić information content (AvgIpc) is 3.15. The Morgan fingerprint density at radius 3 is 2.44 bits per heavy atom. The van der Waals surface area contributed by atoms with Crippen molar-refractivity contribution in [3.63, 3.8) is 0 Å². The van der Waals surface area contributed by atoms with Crippen LogP contribution in [-0.4, -0.2) is 32.8 Å². The van der Waals surface area contributed by atoms with Gasteiger partial charge in [0.25, 0.3) is 11.7 Å². The fourth-order valence-electron chi connectivity index (χ4n) is 3.73. The van der Waals surface area contributed by atoms with Gasteiger partial charge in [-0.3, -0.25) is 14.9 Å². The number of halogens is 5. The molecule has 0 aliphatic heterocycles. The summed E-state index contributed by atoms with van der Waals surface area (Å²) in [5.74, 6) is -2.72. The zero-order chi connectivity index (χ0) is 26.0. The van der Waals surface area contributed by atoms with E-state index < -0.39 is 29.1 Å². The van der Waals surface area contributed by atoms with Gasteiger partial charge >= 0.3 is 6.18 Å². The Bertz CT molecular complexity index is 1460. The molecule has 0 saturated carbocycles. The molecule has 2 heterocycles. The first-order chi connectivity index (χ1) is 17.1. The average molecular weight is 537 g/mol. The molecule has 4 rings (SSSR count). The van der Waals surface area contributed by atoms with E-state index in [1.807, 2.05) is 0 Å². The van der Waals surface area contributed by atoms with Gasteiger partial charge in [-0.2, -0.15) is 13.2 Å². The Labute approximate surface area is 212 Å². The molecule has 0 spiro atoms. The molecule has 0 aliphatic carbocycles. The second-order valence-corrected chi connectivity index (χ2v) is 8.35. The number of nitrogens with zero attached hydrogens (tertiary/aromatic N) is 3. The summed E-state index contributed by atoms with van der Waals surface area (Å²) < 4.78 is 49.8. The van der Waals surface area contributed by atoms with Crippen molar-refractivity contribution in [2.75, 3.05) is 11.9 Å². The van der Waals surface area contributed by atoms with Gasteiger partial charge in [-0.05, 0) is 48.9 Å². The van der Waals surface area contributed by atoms with Crippen molar-refractivity contribution in [1.29, 1.82) is 0 Å². The molecule has 1 amide bonds. The maximum Gasteiger partial charge on any atom is 0.432 e. The number of carbonyl (C=O) groups is 2. The number of Topliss-reactive ketones (excluding diaryl/α,β-unsaturated/α-hetero) is 1. The quantitative estimate of drug-likeness (QED) is 0.230. The Hall–Kier alpha value is -3.63. The van der Waals surface area contributed by atoms with Crippen LogP contribution in [0.1, 0.15) is 28.5 Å². The van der Waals surface area contributed by atoms with E-state index in [0.29, 0.717) is 10.6 Å². The number of anilines is 1. The molecule has 2 aromatic carbocycles. The number of hydrogen-bond acceptors (Lipinski definition) is 5. The monoisotopic (exact) mass is 536 g/mol. The lowest BCUT2D eigenvalue weighted by molar-refractivity contribution is -0.143. The first kappa shape index (κ1) is 25.5. The van der Waals surface area contributed by atoms with Crippen LogP contribution >= 0.6 is 23.2 Å². The van der Waals surface area contributed by atoms with Crippen LogP contribution in [0.5, 0.6) is 5.75 Å². The number of carbonyl (C=O) groups excluding carboxylic acids is 2. The molecular formula is C24H17Cl2F3N4O3. The fraction of sp³-hybridized carbons (Fsp3) is 0.167. The van der Waals surface area contributed by atoms with Crippen LogP contribution in [0.15, 0.2) is 54.9 Å². The van der Waals surface area contributed by atoms with Crippen molar-refractivity contribution >= 4 is 51.7 Å². The van der Waals surface area contributed by atoms with Gasteiger partial charge in [-0.1, -0.05) is 29.3 Å². The predicted molar refractivity (Wildman–Crippen MR) is 129 cm³/mol. The summed E-state index contributed by atoms with van der Waals surface area (Å²) >= 11 is 12.2. The lowest BCUT2D eigenvalue weighted by atomic mass is 10.0. The predicted octanol–water partition coefficient (Wildman–Crippen LogP) is 6.03. The first-order valence-electron chi connectivity index (χ1n) is 10.5. The fourth-order valence-corrected chi connectivity index (χ4v) is 4.20. The van der Waals surface area contributed by atoms with Crippen molar-refractivity contribution in [3.05, 3.63) is 81.7 Å². The molecule has 12 heteroatoms. The van der Waals surface area contributed by atoms with Crippen molar-refractivity contribution in [2.45, 2.75) is 19.6 Å². The van der Waals surface area contributed by atoms with Crippen LogP contribution < -0.4 is 10.1 Å². The second kappa shape index (κ2) is 10.2. The smallest absolute Gasteiger partial charge is 0.432 e. The zero-order valence-electron chi connectivity index (χ0n) is 18.6. The lowest BCUT2D eigenvalue weighted by Crippen LogP contribution is -2.27. The molecule has 0 atom stereocenters. The molecule has 1 N–H and O–H groups in total. The van der Waals surface area contributed by atoms with Crippen LogP contribution in [-0.2, 0) is 17.5 Å². The molecule has 2 aromatic heterocycles. The van der Waals surface area contributed by atoms with Crippen molar-refractivity contribution < 1.29 is 27.5 Å². The van der Waals surface area contributed by atoms with E-state index in [4.69, 9.17) is 27.9 Å². The number of nitrogens with one attached hydrogen (secondary N) is 1. The summed E-state index contributed by atoms with van der Waals surface area (Å²) in [5, 5.41) is 2.50. The number of ketones is 1. The Kier molecular flexibility index (Phi) is 7.18. The standard InChI is InChI=1S/C24H17Cl2F3N4O3/c1-2-36-15-6-7-18-16(11-15)19(20(34)22(35)32-23-30-8-3-9-31-23)21(24(27,28)29)33(18)12-13-4-5-14(25)10-17(13)26/h3-11H,2,12H2,1H3,(H,30,31,32,35). The molecular weight excluding hydrogens is 520 g/mol. The Morgan fingerprint density at radius 2 is 1.81 bits per heavy atom. The van der Waals surface area contributed by atoms with Crippen molar-refractivity contribution in [1.82, 2.24) is 14.5 Å². The third-order valence-electron chi connectivity index (χ3n) is 5.18. The van der Waals surface area contributed by atoms with E-state index in [9.17, 15) is 22.8 Å². The third-order valence-corrected chi connectivity index (χ3v) is 5.77. The van der Waals surface area contributed by atoms with Crippen LogP contribution in [0.4, 0.5) is 19.1 Å². The van der Waals surface area contributed by atoms with Crippen LogP contribution in [0.25, 0.3) is 10.9 Å². The van der Waals surface area contributed by atoms with Gasteiger partial charge in [0, 0.05) is 39.9 Å². The number of hydrogen-bond donors (Lipinski definition) is 1. The molecule has 4 aromatic rings. The lowest BCUT2D eigenvalue weighted by Gasteiger charge is -2.15. The molecule has 0 aliphatic rings. The van der Waals surface area contributed by atoms with Gasteiger partial charge in [0.2, 0.25) is 5.95 Å². The molecule has 36 heavy (non-hydrogen) atoms. The molecule has 186 valence electrons. The topological polar surface area (TPSA) is 86.1 Å². The molecule has 7 nitrogen and oxygen atoms in total. The van der Waals surface area contributed by atoms with Crippen LogP contribution in [0.3, 0.4) is 0 Å². The SMILES string of the molecule is CCOc1ccc2c(c1)c(C(=O)C(=O)Nc1ncccn1)c(C(F)(F)F)n2Cc1ccc(Cl)cc1Cl. The Balaban J connectivity index is 1.93. The highest BCUT2D eigenvalue weighted by Crippen LogP contribution is 2.40. The molecule has 0 unspecified atom stereocenters. The van der Waals surface area contributed by atoms with Crippen LogP contribution in [0.2, 0.25) is 10.0 Å². The second-order valence-electron chi connectivity index (χ2n) is 7.51. The summed E-state index contributed by atoms with van der Waals surface area (Å²) in [6.07, 6.45) is -2.38. The molecule has 0 saturated heterocycles. The van der Waals surface area contributed by atoms with Gasteiger partial charge < -0.3 is 9.30 Å². The first-order valence-corrected chi connectivity index (χ1v) is 11.3. The number of fused-ring (bicyclic) bond motifs is 1. The molecule has 0 fully saturated rings. The summed E-state index contributed by atoms with van der Waals surface area (Å²) in [6, 6.07) is 10.1. The van der Waals surface area contributed by atoms with Gasteiger partial charge in [0.1, 0.15) is 11.4 Å². The van der Waals surface area contributed by atoms with Gasteiger partial charge in [-0.15, -0.1) is 0 Å². The minimum Gasteiger partial charge on any atom is -0.494 e. The van der Waals surface area contributed by atoms with Gasteiger partial charge in [0.05, 0.1) is 12.2 Å². The van der Waals surface area contributed by atoms with E-state index in [-0.39, 0.29) is 40.8 Å². The Morgan fingerprint density at radius 1 is 1.08 bits per heavy atom. The largest absolute Gasteiger partial charge is 0.494 e. The van der Waals surface area contributed by atoms with Gasteiger partial charge in [-0.25, -0.2) is 9.97 Å². The third kappa shape index (κ3) is 5.14. The normalized spacial score (nSPS) is 11.5. The van der Waals surface area contributed by atoms with Gasteiger partial charge in [0.15, 0.2) is 0 Å². The number of alkyl halides is 3. The van der Waals surface area contributed by atoms with E-state index in [1.54, 1.807) is 6.92 Å². The number of benzene rings is 2. The minimum absolute atomic E-state index is 0.0592. The summed E-state index contributed by atoms with van der Waals surface area (Å²) in [5.41, 5.74) is -1.73. The van der Waals surface area contributed by atoms with Crippen LogP contribution in [0, 0.1) is 0 Å². The highest BCUT2D eigenvalue weighted by atomic mass is 35.5. The van der Waals surface area contributed by atoms with E-state index in [0.717, 1.165) is 4.57 Å². The maximum absolute atomic E-state index is 14.5. The minimum atomic E-state index is -5.00. The number of ether oxygens (including phenoxy) is 1. The van der Waals surface area contributed by atoms with Crippen molar-refractivity contribution in [2.24, 2.45) is 0 Å². The molecule has 0 radical (unpaired) electrons. The number of rotatable bonds is 7. The van der Waals surface area contributed by atoms with E-state index in [1.165, 1.54) is 54.9 Å². The number of aromatic nitrogens is 3. The highest BCUT2D eigenvalue weighted by molar-refractivity contribution is 6.48. The van der Waals surface area contributed by atoms with E-state index in [2.05, 4.69) is 15.3 Å². The summed E-state index contributed by atoms with van der Waals surface area (Å²) in [7, 11) is 0. The van der Waals surface area contributed by atoms with Crippen molar-refractivity contribution in [3.8, 4) is 5.75 Å². The summed E-state index contributed by atoms with van der Waals surface area (Å²) in [6.45, 7) is 1.61. The number of amides is 1. The maximum atomic E-state index is 14.5. The highest BCUT2D eigenvalue weighted by Gasteiger charge is 2.42.